The first-order chi connectivity index (χ1) is 9.81. The van der Waals surface area contributed by atoms with E-state index < -0.39 is 17.8 Å². The Hall–Kier alpha value is -1.87. The van der Waals surface area contributed by atoms with E-state index in [4.69, 9.17) is 5.84 Å². The summed E-state index contributed by atoms with van der Waals surface area (Å²) in [6.07, 6.45) is -3.22. The van der Waals surface area contributed by atoms with Crippen molar-refractivity contribution in [2.45, 2.75) is 12.7 Å². The van der Waals surface area contributed by atoms with Crippen molar-refractivity contribution < 1.29 is 18.0 Å². The van der Waals surface area contributed by atoms with E-state index in [9.17, 15) is 18.0 Å². The van der Waals surface area contributed by atoms with Crippen LogP contribution >= 0.6 is 15.9 Å². The van der Waals surface area contributed by atoms with Gasteiger partial charge in [0.15, 0.2) is 5.69 Å². The quantitative estimate of drug-likeness (QED) is 0.500. The van der Waals surface area contributed by atoms with Crippen molar-refractivity contribution in [1.29, 1.82) is 0 Å². The predicted molar refractivity (Wildman–Crippen MR) is 72.1 cm³/mol. The van der Waals surface area contributed by atoms with Gasteiger partial charge >= 0.3 is 6.18 Å². The van der Waals surface area contributed by atoms with Gasteiger partial charge in [-0.05, 0) is 23.8 Å². The number of halogens is 4. The summed E-state index contributed by atoms with van der Waals surface area (Å²) in [5.41, 5.74) is 2.07. The fourth-order valence-corrected chi connectivity index (χ4v) is 2.18. The molecule has 0 saturated carbocycles. The van der Waals surface area contributed by atoms with Crippen molar-refractivity contribution in [2.75, 3.05) is 0 Å². The van der Waals surface area contributed by atoms with E-state index in [1.807, 2.05) is 5.43 Å². The van der Waals surface area contributed by atoms with E-state index in [-0.39, 0.29) is 6.54 Å². The Morgan fingerprint density at radius 3 is 2.62 bits per heavy atom. The molecule has 21 heavy (non-hydrogen) atoms. The van der Waals surface area contributed by atoms with Crippen LogP contribution in [0.25, 0.3) is 0 Å². The third-order valence-corrected chi connectivity index (χ3v) is 3.45. The Labute approximate surface area is 126 Å². The largest absolute Gasteiger partial charge is 0.435 e. The van der Waals surface area contributed by atoms with Crippen LogP contribution in [-0.2, 0) is 12.7 Å². The molecular weight excluding hydrogens is 353 g/mol. The lowest BCUT2D eigenvalue weighted by atomic mass is 10.1. The Morgan fingerprint density at radius 2 is 2.10 bits per heavy atom. The van der Waals surface area contributed by atoms with E-state index in [1.54, 1.807) is 6.07 Å². The molecular formula is C12H10BrF3N4O. The molecule has 1 amide bonds. The maximum Gasteiger partial charge on any atom is 0.435 e. The summed E-state index contributed by atoms with van der Waals surface area (Å²) in [6, 6.07) is 5.58. The molecule has 0 aliphatic heterocycles. The van der Waals surface area contributed by atoms with Gasteiger partial charge in [0.05, 0.1) is 6.54 Å². The Morgan fingerprint density at radius 1 is 1.38 bits per heavy atom. The van der Waals surface area contributed by atoms with Crippen molar-refractivity contribution in [3.63, 3.8) is 0 Å². The fourth-order valence-electron chi connectivity index (χ4n) is 1.68. The topological polar surface area (TPSA) is 72.9 Å². The molecule has 1 heterocycles. The summed E-state index contributed by atoms with van der Waals surface area (Å²) in [4.78, 5) is 11.3. The molecule has 2 rings (SSSR count). The first-order valence-electron chi connectivity index (χ1n) is 5.71. The highest BCUT2D eigenvalue weighted by atomic mass is 79.9. The van der Waals surface area contributed by atoms with Crippen LogP contribution in [0.5, 0.6) is 0 Å². The Bertz CT molecular complexity index is 669. The van der Waals surface area contributed by atoms with Crippen LogP contribution in [-0.4, -0.2) is 15.7 Å². The van der Waals surface area contributed by atoms with Gasteiger partial charge in [0.25, 0.3) is 5.91 Å². The average Bonchev–Trinajstić information content (AvgIpc) is 2.88. The first-order valence-corrected chi connectivity index (χ1v) is 6.50. The predicted octanol–water partition coefficient (Wildman–Crippen LogP) is 2.32. The summed E-state index contributed by atoms with van der Waals surface area (Å²) in [7, 11) is 0. The number of hydrogen-bond donors (Lipinski definition) is 2. The van der Waals surface area contributed by atoms with Crippen molar-refractivity contribution >= 4 is 21.8 Å². The van der Waals surface area contributed by atoms with Gasteiger partial charge in [-0.2, -0.15) is 18.3 Å². The lowest BCUT2D eigenvalue weighted by molar-refractivity contribution is -0.141. The zero-order valence-electron chi connectivity index (χ0n) is 10.5. The molecule has 0 saturated heterocycles. The minimum absolute atomic E-state index is 0.140. The van der Waals surface area contributed by atoms with Gasteiger partial charge in [0.2, 0.25) is 0 Å². The molecule has 2 aromatic rings. The van der Waals surface area contributed by atoms with Crippen LogP contribution in [0.4, 0.5) is 13.2 Å². The number of carbonyl (C=O) groups is 1. The van der Waals surface area contributed by atoms with E-state index in [1.165, 1.54) is 23.0 Å². The van der Waals surface area contributed by atoms with Crippen LogP contribution in [0.3, 0.4) is 0 Å². The summed E-state index contributed by atoms with van der Waals surface area (Å²) in [5.74, 6) is 4.57. The molecule has 0 radical (unpaired) electrons. The average molecular weight is 363 g/mol. The molecule has 0 bridgehead atoms. The number of carbonyl (C=O) groups excluding carboxylic acids is 1. The zero-order valence-corrected chi connectivity index (χ0v) is 12.1. The van der Waals surface area contributed by atoms with E-state index in [0.717, 1.165) is 6.07 Å². The van der Waals surface area contributed by atoms with Crippen LogP contribution in [0, 0.1) is 0 Å². The van der Waals surface area contributed by atoms with Gasteiger partial charge in [-0.25, -0.2) is 5.84 Å². The van der Waals surface area contributed by atoms with Crippen molar-refractivity contribution in [3.8, 4) is 0 Å². The van der Waals surface area contributed by atoms with Crippen molar-refractivity contribution in [3.05, 3.63) is 51.8 Å². The van der Waals surface area contributed by atoms with Crippen LogP contribution < -0.4 is 11.3 Å². The molecule has 0 unspecified atom stereocenters. The molecule has 5 nitrogen and oxygen atoms in total. The lowest BCUT2D eigenvalue weighted by Gasteiger charge is -2.07. The van der Waals surface area contributed by atoms with Crippen LogP contribution in [0.2, 0.25) is 0 Å². The SMILES string of the molecule is NNC(=O)c1ccc(Cn2ccc(C(F)(F)F)n2)c(Br)c1. The smallest absolute Gasteiger partial charge is 0.290 e. The molecule has 1 aromatic heterocycles. The second-order valence-corrected chi connectivity index (χ2v) is 5.03. The Balaban J connectivity index is 2.20. The summed E-state index contributed by atoms with van der Waals surface area (Å²) >= 11 is 3.26. The minimum atomic E-state index is -4.47. The first kappa shape index (κ1) is 15.5. The monoisotopic (exact) mass is 362 g/mol. The molecule has 0 spiro atoms. The highest BCUT2D eigenvalue weighted by Crippen LogP contribution is 2.27. The van der Waals surface area contributed by atoms with Crippen LogP contribution in [0.15, 0.2) is 34.9 Å². The third-order valence-electron chi connectivity index (χ3n) is 2.71. The number of alkyl halides is 3. The summed E-state index contributed by atoms with van der Waals surface area (Å²) in [6.45, 7) is 0.140. The van der Waals surface area contributed by atoms with Crippen molar-refractivity contribution in [1.82, 2.24) is 15.2 Å². The standard InChI is InChI=1S/C12H10BrF3N4O/c13-9-5-7(11(21)18-17)1-2-8(9)6-20-4-3-10(19-20)12(14,15)16/h1-5H,6,17H2,(H,18,21). The molecule has 0 atom stereocenters. The second kappa shape index (κ2) is 5.86. The van der Waals surface area contributed by atoms with Crippen molar-refractivity contribution in [2.24, 2.45) is 5.84 Å². The maximum atomic E-state index is 12.5. The van der Waals surface area contributed by atoms with Crippen LogP contribution in [0.1, 0.15) is 21.6 Å². The molecule has 3 N–H and O–H groups in total. The minimum Gasteiger partial charge on any atom is -0.290 e. The molecule has 0 aliphatic carbocycles. The number of hydrogen-bond acceptors (Lipinski definition) is 3. The normalized spacial score (nSPS) is 11.5. The van der Waals surface area contributed by atoms with Gasteiger partial charge in [0.1, 0.15) is 0 Å². The molecule has 112 valence electrons. The molecule has 0 fully saturated rings. The van der Waals surface area contributed by atoms with Gasteiger partial charge in [0, 0.05) is 16.2 Å². The number of benzene rings is 1. The van der Waals surface area contributed by atoms with Gasteiger partial charge in [-0.15, -0.1) is 0 Å². The van der Waals surface area contributed by atoms with Gasteiger partial charge < -0.3 is 0 Å². The molecule has 9 heteroatoms. The fraction of sp³-hybridized carbons (Fsp3) is 0.167. The number of hydrazine groups is 1. The third kappa shape index (κ3) is 3.61. The number of aromatic nitrogens is 2. The number of nitrogen functional groups attached to an aromatic ring is 1. The van der Waals surface area contributed by atoms with Gasteiger partial charge in [-0.3, -0.25) is 14.9 Å². The van der Waals surface area contributed by atoms with E-state index >= 15 is 0 Å². The zero-order chi connectivity index (χ0) is 15.6. The number of amides is 1. The molecule has 0 aliphatic rings. The lowest BCUT2D eigenvalue weighted by Crippen LogP contribution is -2.29. The number of nitrogens with one attached hydrogen (secondary N) is 1. The Kier molecular flexibility index (Phi) is 4.33. The van der Waals surface area contributed by atoms with E-state index in [2.05, 4.69) is 21.0 Å². The number of nitrogens with zero attached hydrogens (tertiary/aromatic N) is 2. The summed E-state index contributed by atoms with van der Waals surface area (Å²) in [5, 5.41) is 3.46. The van der Waals surface area contributed by atoms with E-state index in [0.29, 0.717) is 15.6 Å². The highest BCUT2D eigenvalue weighted by Gasteiger charge is 2.33. The van der Waals surface area contributed by atoms with Gasteiger partial charge in [-0.1, -0.05) is 22.0 Å². The number of rotatable bonds is 3. The summed E-state index contributed by atoms with van der Waals surface area (Å²) < 4.78 is 39.1. The second-order valence-electron chi connectivity index (χ2n) is 4.18. The molecule has 1 aromatic carbocycles. The maximum absolute atomic E-state index is 12.5. The highest BCUT2D eigenvalue weighted by molar-refractivity contribution is 9.10. The number of nitrogens with two attached hydrogens (primary N) is 1.